The normalized spacial score (nSPS) is 13.6. The van der Waals surface area contributed by atoms with Crippen LogP contribution in [0.4, 0.5) is 0 Å². The molecule has 20 heavy (non-hydrogen) atoms. The Morgan fingerprint density at radius 2 is 2.30 bits per heavy atom. The Bertz CT molecular complexity index is 690. The van der Waals surface area contributed by atoms with Crippen LogP contribution >= 0.6 is 22.7 Å². The summed E-state index contributed by atoms with van der Waals surface area (Å²) in [5.74, 6) is 5.50. The number of aliphatic hydroxyl groups excluding tert-OH is 1. The van der Waals surface area contributed by atoms with Crippen molar-refractivity contribution in [3.05, 3.63) is 43.8 Å². The molecule has 2 aromatic rings. The first-order valence-corrected chi connectivity index (χ1v) is 8.01. The number of carbonyl (C=O) groups is 1. The molecule has 0 unspecified atom stereocenters. The van der Waals surface area contributed by atoms with Crippen LogP contribution in [-0.4, -0.2) is 29.1 Å². The van der Waals surface area contributed by atoms with Gasteiger partial charge in [0.05, 0.1) is 9.75 Å². The van der Waals surface area contributed by atoms with Crippen LogP contribution in [0.15, 0.2) is 23.6 Å². The van der Waals surface area contributed by atoms with Crippen LogP contribution in [-0.2, 0) is 13.0 Å². The molecule has 0 aliphatic carbocycles. The molecular weight excluding hydrogens is 290 g/mol. The van der Waals surface area contributed by atoms with Crippen molar-refractivity contribution in [2.75, 3.05) is 13.2 Å². The SMILES string of the molecule is O=C(c1ccc(C#CCO)s1)N1CCc2sccc2C1. The maximum absolute atomic E-state index is 12.5. The van der Waals surface area contributed by atoms with Gasteiger partial charge in [-0.3, -0.25) is 4.79 Å². The molecule has 5 heteroatoms. The molecule has 0 fully saturated rings. The third-order valence-corrected chi connectivity index (χ3v) is 5.21. The first-order chi connectivity index (χ1) is 9.78. The molecule has 3 rings (SSSR count). The Kier molecular flexibility index (Phi) is 3.88. The van der Waals surface area contributed by atoms with Crippen molar-refractivity contribution in [2.45, 2.75) is 13.0 Å². The second-order valence-electron chi connectivity index (χ2n) is 4.47. The van der Waals surface area contributed by atoms with E-state index in [1.807, 2.05) is 17.0 Å². The standard InChI is InChI=1S/C15H13NO2S2/c17-8-1-2-12-3-4-14(20-12)15(18)16-7-5-13-11(10-16)6-9-19-13/h3-4,6,9,17H,5,7-8,10H2. The van der Waals surface area contributed by atoms with Crippen LogP contribution in [0.25, 0.3) is 0 Å². The first kappa shape index (κ1) is 13.4. The monoisotopic (exact) mass is 303 g/mol. The highest BCUT2D eigenvalue weighted by atomic mass is 32.1. The maximum Gasteiger partial charge on any atom is 0.264 e. The Morgan fingerprint density at radius 3 is 3.15 bits per heavy atom. The number of nitrogens with zero attached hydrogens (tertiary/aromatic N) is 1. The van der Waals surface area contributed by atoms with E-state index in [-0.39, 0.29) is 12.5 Å². The zero-order valence-corrected chi connectivity index (χ0v) is 12.4. The fourth-order valence-electron chi connectivity index (χ4n) is 2.22. The Labute approximate surface area is 125 Å². The molecule has 1 amide bonds. The predicted molar refractivity (Wildman–Crippen MR) is 81.0 cm³/mol. The van der Waals surface area contributed by atoms with E-state index in [0.717, 1.165) is 17.8 Å². The molecule has 2 aromatic heterocycles. The van der Waals surface area contributed by atoms with E-state index in [0.29, 0.717) is 11.4 Å². The molecule has 1 aliphatic heterocycles. The van der Waals surface area contributed by atoms with Gasteiger partial charge < -0.3 is 10.0 Å². The van der Waals surface area contributed by atoms with Crippen molar-refractivity contribution in [2.24, 2.45) is 0 Å². The Morgan fingerprint density at radius 1 is 1.40 bits per heavy atom. The summed E-state index contributed by atoms with van der Waals surface area (Å²) in [6, 6.07) is 5.75. The van der Waals surface area contributed by atoms with Crippen molar-refractivity contribution in [1.82, 2.24) is 4.90 Å². The first-order valence-electron chi connectivity index (χ1n) is 6.32. The molecule has 0 atom stereocenters. The molecule has 3 nitrogen and oxygen atoms in total. The van der Waals surface area contributed by atoms with E-state index in [1.54, 1.807) is 11.3 Å². The summed E-state index contributed by atoms with van der Waals surface area (Å²) < 4.78 is 0. The van der Waals surface area contributed by atoms with Gasteiger partial charge in [-0.05, 0) is 35.6 Å². The summed E-state index contributed by atoms with van der Waals surface area (Å²) in [5, 5.41) is 10.8. The van der Waals surface area contributed by atoms with Crippen molar-refractivity contribution >= 4 is 28.6 Å². The van der Waals surface area contributed by atoms with Gasteiger partial charge in [0.15, 0.2) is 0 Å². The molecule has 0 saturated heterocycles. The lowest BCUT2D eigenvalue weighted by molar-refractivity contribution is 0.0741. The quantitative estimate of drug-likeness (QED) is 0.822. The number of hydrogen-bond acceptors (Lipinski definition) is 4. The molecule has 0 saturated carbocycles. The molecule has 1 N–H and O–H groups in total. The number of amides is 1. The smallest absolute Gasteiger partial charge is 0.264 e. The summed E-state index contributed by atoms with van der Waals surface area (Å²) in [6.07, 6.45) is 0.946. The van der Waals surface area contributed by atoms with E-state index in [9.17, 15) is 4.79 Å². The van der Waals surface area contributed by atoms with E-state index in [1.165, 1.54) is 21.8 Å². The van der Waals surface area contributed by atoms with Crippen LogP contribution < -0.4 is 0 Å². The highest BCUT2D eigenvalue weighted by Crippen LogP contribution is 2.26. The third-order valence-electron chi connectivity index (χ3n) is 3.20. The molecule has 0 aromatic carbocycles. The van der Waals surface area contributed by atoms with Crippen LogP contribution in [0.1, 0.15) is 25.0 Å². The van der Waals surface area contributed by atoms with Crippen LogP contribution in [0.5, 0.6) is 0 Å². The molecule has 1 aliphatic rings. The second-order valence-corrected chi connectivity index (χ2v) is 6.55. The topological polar surface area (TPSA) is 40.5 Å². The van der Waals surface area contributed by atoms with Crippen molar-refractivity contribution in [1.29, 1.82) is 0 Å². The Hall–Kier alpha value is -1.61. The average molecular weight is 303 g/mol. The summed E-state index contributed by atoms with van der Waals surface area (Å²) in [7, 11) is 0. The van der Waals surface area contributed by atoms with Gasteiger partial charge >= 0.3 is 0 Å². The van der Waals surface area contributed by atoms with Gasteiger partial charge in [-0.15, -0.1) is 22.7 Å². The van der Waals surface area contributed by atoms with Gasteiger partial charge in [0, 0.05) is 18.0 Å². The van der Waals surface area contributed by atoms with E-state index >= 15 is 0 Å². The van der Waals surface area contributed by atoms with Gasteiger partial charge in [0.2, 0.25) is 0 Å². The van der Waals surface area contributed by atoms with Gasteiger partial charge in [0.25, 0.3) is 5.91 Å². The summed E-state index contributed by atoms with van der Waals surface area (Å²) in [6.45, 7) is 1.32. The molecule has 3 heterocycles. The molecule has 102 valence electrons. The largest absolute Gasteiger partial charge is 0.384 e. The molecule has 0 radical (unpaired) electrons. The summed E-state index contributed by atoms with van der Waals surface area (Å²) in [4.78, 5) is 17.3. The minimum atomic E-state index is -0.158. The van der Waals surface area contributed by atoms with E-state index < -0.39 is 0 Å². The van der Waals surface area contributed by atoms with Crippen LogP contribution in [0.3, 0.4) is 0 Å². The average Bonchev–Trinajstić information content (AvgIpc) is 3.12. The highest BCUT2D eigenvalue weighted by Gasteiger charge is 2.23. The van der Waals surface area contributed by atoms with Gasteiger partial charge in [-0.25, -0.2) is 0 Å². The lowest BCUT2D eigenvalue weighted by atomic mass is 10.1. The van der Waals surface area contributed by atoms with Gasteiger partial charge in [-0.1, -0.05) is 11.8 Å². The number of carbonyl (C=O) groups excluding carboxylic acids is 1. The van der Waals surface area contributed by atoms with E-state index in [4.69, 9.17) is 5.11 Å². The highest BCUT2D eigenvalue weighted by molar-refractivity contribution is 7.14. The fraction of sp³-hybridized carbons (Fsp3) is 0.267. The van der Waals surface area contributed by atoms with Gasteiger partial charge in [-0.2, -0.15) is 0 Å². The zero-order chi connectivity index (χ0) is 13.9. The Balaban J connectivity index is 1.75. The fourth-order valence-corrected chi connectivity index (χ4v) is 3.96. The minimum absolute atomic E-state index is 0.0731. The number of rotatable bonds is 1. The maximum atomic E-state index is 12.5. The minimum Gasteiger partial charge on any atom is -0.384 e. The van der Waals surface area contributed by atoms with Crippen molar-refractivity contribution in [3.8, 4) is 11.8 Å². The van der Waals surface area contributed by atoms with Gasteiger partial charge in [0.1, 0.15) is 6.61 Å². The summed E-state index contributed by atoms with van der Waals surface area (Å²) in [5.41, 5.74) is 1.27. The number of hydrogen-bond donors (Lipinski definition) is 1. The summed E-state index contributed by atoms with van der Waals surface area (Å²) >= 11 is 3.16. The lowest BCUT2D eigenvalue weighted by Gasteiger charge is -2.26. The number of fused-ring (bicyclic) bond motifs is 1. The molecule has 0 spiro atoms. The molecule has 0 bridgehead atoms. The van der Waals surface area contributed by atoms with E-state index in [2.05, 4.69) is 23.3 Å². The molecular formula is C15H13NO2S2. The number of thiophene rings is 2. The third kappa shape index (κ3) is 2.63. The van der Waals surface area contributed by atoms with Crippen LogP contribution in [0, 0.1) is 11.8 Å². The zero-order valence-electron chi connectivity index (χ0n) is 10.8. The van der Waals surface area contributed by atoms with Crippen LogP contribution in [0.2, 0.25) is 0 Å². The van der Waals surface area contributed by atoms with Crippen molar-refractivity contribution in [3.63, 3.8) is 0 Å². The number of aliphatic hydroxyl groups is 1. The lowest BCUT2D eigenvalue weighted by Crippen LogP contribution is -2.34. The van der Waals surface area contributed by atoms with Crippen molar-refractivity contribution < 1.29 is 9.90 Å². The second kappa shape index (κ2) is 5.80. The predicted octanol–water partition coefficient (Wildman–Crippen LogP) is 2.35.